The average Bonchev–Trinajstić information content (AvgIpc) is 3.33. The maximum Gasteiger partial charge on any atom is 0.0309 e. The fraction of sp³-hybridized carbons (Fsp3) is 1.00. The van der Waals surface area contributed by atoms with Crippen molar-refractivity contribution in [1.29, 1.82) is 0 Å². The summed E-state index contributed by atoms with van der Waals surface area (Å²) in [6, 6.07) is 1.62. The molecule has 4 aliphatic heterocycles. The van der Waals surface area contributed by atoms with E-state index in [1.165, 1.54) is 64.8 Å². The molecule has 3 unspecified atom stereocenters. The average molecular weight is 277 g/mol. The van der Waals surface area contributed by atoms with Gasteiger partial charge in [-0.2, -0.15) is 0 Å². The zero-order valence-corrected chi connectivity index (χ0v) is 13.3. The normalized spacial score (nSPS) is 49.5. The molecule has 1 saturated carbocycles. The van der Waals surface area contributed by atoms with E-state index in [2.05, 4.69) is 29.0 Å². The summed E-state index contributed by atoms with van der Waals surface area (Å²) in [4.78, 5) is 5.65. The number of piperidine rings is 3. The van der Waals surface area contributed by atoms with Gasteiger partial charge in [-0.3, -0.25) is 4.90 Å². The Bertz CT molecular complexity index is 359. The third-order valence-electron chi connectivity index (χ3n) is 6.72. The van der Waals surface area contributed by atoms with E-state index in [1.807, 2.05) is 0 Å². The van der Waals surface area contributed by atoms with Crippen molar-refractivity contribution in [1.82, 2.24) is 15.1 Å². The SMILES string of the molecule is CCC1CNC(C)(C2CC2)CN1C1CN2CCC1CC2. The van der Waals surface area contributed by atoms with Crippen LogP contribution < -0.4 is 5.32 Å². The van der Waals surface area contributed by atoms with Gasteiger partial charge in [0.1, 0.15) is 0 Å². The largest absolute Gasteiger partial charge is 0.308 e. The third-order valence-corrected chi connectivity index (χ3v) is 6.72. The maximum absolute atomic E-state index is 3.92. The van der Waals surface area contributed by atoms with E-state index in [0.717, 1.165) is 23.9 Å². The zero-order chi connectivity index (χ0) is 13.7. The van der Waals surface area contributed by atoms with Crippen molar-refractivity contribution in [2.24, 2.45) is 11.8 Å². The molecule has 5 rings (SSSR count). The van der Waals surface area contributed by atoms with Gasteiger partial charge in [-0.15, -0.1) is 0 Å². The Kier molecular flexibility index (Phi) is 3.36. The Morgan fingerprint density at radius 2 is 1.90 bits per heavy atom. The molecule has 0 spiro atoms. The Morgan fingerprint density at radius 3 is 2.45 bits per heavy atom. The topological polar surface area (TPSA) is 18.5 Å². The summed E-state index contributed by atoms with van der Waals surface area (Å²) >= 11 is 0. The van der Waals surface area contributed by atoms with Gasteiger partial charge in [0.2, 0.25) is 0 Å². The lowest BCUT2D eigenvalue weighted by Crippen LogP contribution is -2.69. The van der Waals surface area contributed by atoms with Crippen molar-refractivity contribution in [2.75, 3.05) is 32.7 Å². The van der Waals surface area contributed by atoms with Crippen LogP contribution in [0.4, 0.5) is 0 Å². The lowest BCUT2D eigenvalue weighted by atomic mass is 9.80. The van der Waals surface area contributed by atoms with Gasteiger partial charge in [0.15, 0.2) is 0 Å². The summed E-state index contributed by atoms with van der Waals surface area (Å²) < 4.78 is 0. The van der Waals surface area contributed by atoms with Crippen LogP contribution >= 0.6 is 0 Å². The zero-order valence-electron chi connectivity index (χ0n) is 13.3. The van der Waals surface area contributed by atoms with Crippen molar-refractivity contribution < 1.29 is 0 Å². The minimum atomic E-state index is 0.400. The van der Waals surface area contributed by atoms with Crippen LogP contribution in [0, 0.1) is 11.8 Å². The molecule has 4 heterocycles. The van der Waals surface area contributed by atoms with Crippen LogP contribution in [0.3, 0.4) is 0 Å². The van der Waals surface area contributed by atoms with Crippen LogP contribution in [0.5, 0.6) is 0 Å². The summed E-state index contributed by atoms with van der Waals surface area (Å²) in [6.07, 6.45) is 7.11. The van der Waals surface area contributed by atoms with Gasteiger partial charge in [0.05, 0.1) is 0 Å². The van der Waals surface area contributed by atoms with Crippen LogP contribution in [-0.4, -0.2) is 60.1 Å². The second-order valence-corrected chi connectivity index (χ2v) is 8.01. The first-order valence-electron chi connectivity index (χ1n) is 8.93. The fourth-order valence-electron chi connectivity index (χ4n) is 5.10. The minimum absolute atomic E-state index is 0.400. The van der Waals surface area contributed by atoms with Gasteiger partial charge in [0.25, 0.3) is 0 Å². The molecule has 3 nitrogen and oxygen atoms in total. The second kappa shape index (κ2) is 4.96. The van der Waals surface area contributed by atoms with Crippen molar-refractivity contribution in [3.8, 4) is 0 Å². The molecule has 20 heavy (non-hydrogen) atoms. The van der Waals surface area contributed by atoms with E-state index in [0.29, 0.717) is 5.54 Å². The van der Waals surface area contributed by atoms with Gasteiger partial charge in [-0.25, -0.2) is 0 Å². The lowest BCUT2D eigenvalue weighted by Gasteiger charge is -2.55. The quantitative estimate of drug-likeness (QED) is 0.850. The molecule has 0 aromatic heterocycles. The third kappa shape index (κ3) is 2.22. The van der Waals surface area contributed by atoms with E-state index in [1.54, 1.807) is 0 Å². The first-order chi connectivity index (χ1) is 9.69. The highest BCUT2D eigenvalue weighted by atomic mass is 15.3. The van der Waals surface area contributed by atoms with E-state index in [9.17, 15) is 0 Å². The van der Waals surface area contributed by atoms with Crippen LogP contribution in [-0.2, 0) is 0 Å². The smallest absolute Gasteiger partial charge is 0.0309 e. The van der Waals surface area contributed by atoms with Gasteiger partial charge in [-0.1, -0.05) is 6.92 Å². The summed E-state index contributed by atoms with van der Waals surface area (Å²) in [7, 11) is 0. The second-order valence-electron chi connectivity index (χ2n) is 8.01. The molecule has 2 bridgehead atoms. The van der Waals surface area contributed by atoms with E-state index in [4.69, 9.17) is 0 Å². The molecule has 4 saturated heterocycles. The summed E-state index contributed by atoms with van der Waals surface area (Å²) in [5, 5.41) is 3.92. The standard InChI is InChI=1S/C17H31N3/c1-3-15-10-18-17(2,14-4-5-14)12-20(15)16-11-19-8-6-13(16)7-9-19/h13-16,18H,3-12H2,1-2H3. The monoisotopic (exact) mass is 277 g/mol. The fourth-order valence-corrected chi connectivity index (χ4v) is 5.10. The molecule has 1 N–H and O–H groups in total. The molecule has 0 aromatic rings. The number of hydrogen-bond donors (Lipinski definition) is 1. The van der Waals surface area contributed by atoms with Crippen molar-refractivity contribution in [2.45, 2.75) is 63.6 Å². The minimum Gasteiger partial charge on any atom is -0.308 e. The molecule has 5 fully saturated rings. The maximum atomic E-state index is 3.92. The van der Waals surface area contributed by atoms with E-state index < -0.39 is 0 Å². The summed E-state index contributed by atoms with van der Waals surface area (Å²) in [5.74, 6) is 1.93. The number of nitrogens with one attached hydrogen (secondary N) is 1. The Balaban J connectivity index is 1.53. The molecule has 3 heteroatoms. The summed E-state index contributed by atoms with van der Waals surface area (Å²) in [6.45, 7) is 11.5. The highest BCUT2D eigenvalue weighted by molar-refractivity contribution is 5.07. The molecule has 0 aromatic carbocycles. The first kappa shape index (κ1) is 13.5. The van der Waals surface area contributed by atoms with Crippen LogP contribution in [0.2, 0.25) is 0 Å². The number of fused-ring (bicyclic) bond motifs is 3. The van der Waals surface area contributed by atoms with Gasteiger partial charge < -0.3 is 10.2 Å². The molecule has 3 atom stereocenters. The van der Waals surface area contributed by atoms with Gasteiger partial charge >= 0.3 is 0 Å². The molecule has 114 valence electrons. The predicted octanol–water partition coefficient (Wildman–Crippen LogP) is 1.93. The Morgan fingerprint density at radius 1 is 1.15 bits per heavy atom. The van der Waals surface area contributed by atoms with Crippen LogP contribution in [0.15, 0.2) is 0 Å². The Labute approximate surface area is 124 Å². The first-order valence-corrected chi connectivity index (χ1v) is 8.93. The number of hydrogen-bond acceptors (Lipinski definition) is 3. The highest BCUT2D eigenvalue weighted by Crippen LogP contribution is 2.43. The number of nitrogens with zero attached hydrogens (tertiary/aromatic N) is 2. The lowest BCUT2D eigenvalue weighted by molar-refractivity contribution is -0.0466. The highest BCUT2D eigenvalue weighted by Gasteiger charge is 2.49. The molecular formula is C17H31N3. The van der Waals surface area contributed by atoms with Gasteiger partial charge in [0, 0.05) is 37.3 Å². The predicted molar refractivity (Wildman–Crippen MR) is 82.9 cm³/mol. The molecule has 5 aliphatic rings. The van der Waals surface area contributed by atoms with Crippen LogP contribution in [0.25, 0.3) is 0 Å². The van der Waals surface area contributed by atoms with E-state index in [-0.39, 0.29) is 0 Å². The van der Waals surface area contributed by atoms with Crippen molar-refractivity contribution in [3.63, 3.8) is 0 Å². The Hall–Kier alpha value is -0.120. The van der Waals surface area contributed by atoms with Gasteiger partial charge in [-0.05, 0) is 64.0 Å². The summed E-state index contributed by atoms with van der Waals surface area (Å²) in [5.41, 5.74) is 0.400. The van der Waals surface area contributed by atoms with E-state index >= 15 is 0 Å². The molecule has 0 amide bonds. The number of rotatable bonds is 3. The number of piperazine rings is 1. The van der Waals surface area contributed by atoms with Crippen LogP contribution in [0.1, 0.15) is 46.0 Å². The van der Waals surface area contributed by atoms with Crippen molar-refractivity contribution in [3.05, 3.63) is 0 Å². The van der Waals surface area contributed by atoms with Crippen molar-refractivity contribution >= 4 is 0 Å². The molecule has 1 aliphatic carbocycles. The molecular weight excluding hydrogens is 246 g/mol. The molecule has 0 radical (unpaired) electrons.